The van der Waals surface area contributed by atoms with Crippen LogP contribution in [0.4, 0.5) is 0 Å². The molecule has 0 atom stereocenters. The monoisotopic (exact) mass is 435 g/mol. The Labute approximate surface area is 177 Å². The third-order valence-corrected chi connectivity index (χ3v) is 6.86. The minimum Gasteiger partial charge on any atom is -0.497 e. The van der Waals surface area contributed by atoms with E-state index in [0.29, 0.717) is 31.9 Å². The fourth-order valence-corrected chi connectivity index (χ4v) is 4.81. The zero-order valence-corrected chi connectivity index (χ0v) is 18.3. The predicted molar refractivity (Wildman–Crippen MR) is 115 cm³/mol. The molecule has 0 amide bonds. The summed E-state index contributed by atoms with van der Waals surface area (Å²) in [6, 6.07) is 9.67. The number of nitrogens with one attached hydrogen (secondary N) is 1. The van der Waals surface area contributed by atoms with E-state index >= 15 is 0 Å². The van der Waals surface area contributed by atoms with E-state index in [0.717, 1.165) is 31.1 Å². The minimum absolute atomic E-state index is 0.137. The molecule has 1 aliphatic rings. The number of nitrogens with zero attached hydrogens (tertiary/aromatic N) is 4. The van der Waals surface area contributed by atoms with E-state index < -0.39 is 10.0 Å². The number of hydrogen-bond donors (Lipinski definition) is 1. The number of aryl methyl sites for hydroxylation is 1. The molecule has 0 saturated carbocycles. The normalized spacial score (nSPS) is 15.9. The smallest absolute Gasteiger partial charge is 0.220 e. The van der Waals surface area contributed by atoms with E-state index in [1.54, 1.807) is 20.2 Å². The van der Waals surface area contributed by atoms with Gasteiger partial charge in [-0.3, -0.25) is 4.99 Å². The Morgan fingerprint density at radius 2 is 1.93 bits per heavy atom. The highest BCUT2D eigenvalue weighted by atomic mass is 32.2. The lowest BCUT2D eigenvalue weighted by Crippen LogP contribution is -2.54. The molecule has 1 N–H and O–H groups in total. The number of benzene rings is 1. The fraction of sp³-hybridized carbons (Fsp3) is 0.500. The van der Waals surface area contributed by atoms with Crippen LogP contribution < -0.4 is 10.1 Å². The van der Waals surface area contributed by atoms with Crippen molar-refractivity contribution in [1.82, 2.24) is 19.7 Å². The van der Waals surface area contributed by atoms with Crippen molar-refractivity contribution in [2.45, 2.75) is 18.6 Å². The first kappa shape index (κ1) is 22.1. The van der Waals surface area contributed by atoms with Crippen LogP contribution in [0.3, 0.4) is 0 Å². The maximum absolute atomic E-state index is 12.6. The molecule has 3 rings (SSSR count). The van der Waals surface area contributed by atoms with Gasteiger partial charge in [0.1, 0.15) is 17.8 Å². The van der Waals surface area contributed by atoms with Gasteiger partial charge in [0.25, 0.3) is 0 Å². The van der Waals surface area contributed by atoms with Crippen LogP contribution in [-0.4, -0.2) is 75.6 Å². The number of ether oxygens (including phenoxy) is 1. The average Bonchev–Trinajstić information content (AvgIpc) is 3.27. The number of methoxy groups -OCH3 is 1. The molecule has 30 heavy (non-hydrogen) atoms. The van der Waals surface area contributed by atoms with E-state index in [9.17, 15) is 8.42 Å². The first-order chi connectivity index (χ1) is 14.5. The highest BCUT2D eigenvalue weighted by Gasteiger charge is 2.28. The Hall–Kier alpha value is -2.59. The van der Waals surface area contributed by atoms with Crippen LogP contribution in [0.2, 0.25) is 0 Å². The molecular weight excluding hydrogens is 406 g/mol. The van der Waals surface area contributed by atoms with Crippen LogP contribution in [0.15, 0.2) is 46.1 Å². The van der Waals surface area contributed by atoms with Crippen molar-refractivity contribution in [3.05, 3.63) is 47.9 Å². The maximum Gasteiger partial charge on any atom is 0.220 e. The van der Waals surface area contributed by atoms with Crippen LogP contribution in [0.5, 0.6) is 5.75 Å². The van der Waals surface area contributed by atoms with Gasteiger partial charge in [-0.05, 0) is 30.5 Å². The van der Waals surface area contributed by atoms with Gasteiger partial charge < -0.3 is 19.5 Å². The summed E-state index contributed by atoms with van der Waals surface area (Å²) < 4.78 is 36.5. The lowest BCUT2D eigenvalue weighted by molar-refractivity contribution is 0.260. The molecule has 2 heterocycles. The first-order valence-electron chi connectivity index (χ1n) is 9.97. The quantitative estimate of drug-likeness (QED) is 0.379. The third kappa shape index (κ3) is 5.96. The number of aliphatic imine (C=N–C) groups is 1. The van der Waals surface area contributed by atoms with Crippen LogP contribution in [0.1, 0.15) is 17.7 Å². The van der Waals surface area contributed by atoms with Crippen LogP contribution in [0, 0.1) is 0 Å². The summed E-state index contributed by atoms with van der Waals surface area (Å²) in [6.07, 6.45) is 3.31. The van der Waals surface area contributed by atoms with E-state index in [-0.39, 0.29) is 5.75 Å². The lowest BCUT2D eigenvalue weighted by atomic mass is 10.1. The zero-order chi connectivity index (χ0) is 21.4. The third-order valence-electron chi connectivity index (χ3n) is 5.05. The second kappa shape index (κ2) is 10.4. The molecule has 1 saturated heterocycles. The molecule has 1 aromatic carbocycles. The highest BCUT2D eigenvalue weighted by molar-refractivity contribution is 7.88. The Kier molecular flexibility index (Phi) is 7.69. The number of rotatable bonds is 8. The second-order valence-electron chi connectivity index (χ2n) is 7.06. The molecule has 10 heteroatoms. The Balaban J connectivity index is 1.42. The van der Waals surface area contributed by atoms with Crippen LogP contribution in [-0.2, 0) is 22.2 Å². The van der Waals surface area contributed by atoms with Gasteiger partial charge in [-0.2, -0.15) is 4.31 Å². The van der Waals surface area contributed by atoms with Crippen molar-refractivity contribution in [2.24, 2.45) is 4.99 Å². The number of piperazine rings is 1. The molecule has 0 radical (unpaired) electrons. The number of aromatic nitrogens is 1. The molecule has 1 fully saturated rings. The molecule has 1 aliphatic heterocycles. The number of sulfonamides is 1. The van der Waals surface area contributed by atoms with Gasteiger partial charge in [0.05, 0.1) is 12.8 Å². The summed E-state index contributed by atoms with van der Waals surface area (Å²) >= 11 is 0. The summed E-state index contributed by atoms with van der Waals surface area (Å²) in [6.45, 7) is 2.83. The average molecular weight is 436 g/mol. The van der Waals surface area contributed by atoms with Crippen molar-refractivity contribution in [3.63, 3.8) is 0 Å². The summed E-state index contributed by atoms with van der Waals surface area (Å²) in [4.78, 5) is 6.44. The summed E-state index contributed by atoms with van der Waals surface area (Å²) in [5.74, 6) is 1.53. The van der Waals surface area contributed by atoms with Gasteiger partial charge in [-0.1, -0.05) is 17.3 Å². The van der Waals surface area contributed by atoms with Crippen molar-refractivity contribution < 1.29 is 17.7 Å². The number of hydrogen-bond acceptors (Lipinski definition) is 6. The molecule has 0 bridgehead atoms. The molecule has 1 aromatic heterocycles. The van der Waals surface area contributed by atoms with Gasteiger partial charge in [0.2, 0.25) is 10.0 Å². The Morgan fingerprint density at radius 3 is 2.53 bits per heavy atom. The van der Waals surface area contributed by atoms with E-state index in [2.05, 4.69) is 32.5 Å². The van der Waals surface area contributed by atoms with Gasteiger partial charge in [0.15, 0.2) is 5.96 Å². The zero-order valence-electron chi connectivity index (χ0n) is 17.5. The van der Waals surface area contributed by atoms with E-state index in [4.69, 9.17) is 9.26 Å². The van der Waals surface area contributed by atoms with Crippen molar-refractivity contribution >= 4 is 16.0 Å². The molecule has 164 valence electrons. The minimum atomic E-state index is -3.40. The standard InChI is InChI=1S/C20H29N5O4S/c1-21-20(22-10-3-4-17-5-7-19(28-2)8-6-17)24-11-13-25(14-12-24)30(26,27)16-18-9-15-29-23-18/h5-9,15H,3-4,10-14,16H2,1-2H3,(H,21,22). The second-order valence-corrected chi connectivity index (χ2v) is 9.03. The van der Waals surface area contributed by atoms with E-state index in [1.165, 1.54) is 16.1 Å². The topological polar surface area (TPSA) is 100 Å². The number of guanidine groups is 1. The highest BCUT2D eigenvalue weighted by Crippen LogP contribution is 2.14. The molecular formula is C20H29N5O4S. The van der Waals surface area contributed by atoms with Crippen LogP contribution >= 0.6 is 0 Å². The fourth-order valence-electron chi connectivity index (χ4n) is 3.39. The summed E-state index contributed by atoms with van der Waals surface area (Å²) in [5, 5.41) is 7.08. The summed E-state index contributed by atoms with van der Waals surface area (Å²) in [7, 11) is 0.00888. The Bertz CT molecular complexity index is 905. The van der Waals surface area contributed by atoms with Crippen molar-refractivity contribution in [3.8, 4) is 5.75 Å². The van der Waals surface area contributed by atoms with Crippen molar-refractivity contribution in [2.75, 3.05) is 46.9 Å². The molecule has 0 spiro atoms. The molecule has 0 aliphatic carbocycles. The molecule has 9 nitrogen and oxygen atoms in total. The van der Waals surface area contributed by atoms with Gasteiger partial charge in [-0.25, -0.2) is 8.42 Å². The van der Waals surface area contributed by atoms with Gasteiger partial charge in [-0.15, -0.1) is 0 Å². The Morgan fingerprint density at radius 1 is 1.20 bits per heavy atom. The summed E-state index contributed by atoms with van der Waals surface area (Å²) in [5.41, 5.74) is 1.69. The van der Waals surface area contributed by atoms with Gasteiger partial charge >= 0.3 is 0 Å². The maximum atomic E-state index is 12.6. The lowest BCUT2D eigenvalue weighted by Gasteiger charge is -2.35. The molecule has 0 unspecified atom stereocenters. The molecule has 2 aromatic rings. The predicted octanol–water partition coefficient (Wildman–Crippen LogP) is 1.34. The van der Waals surface area contributed by atoms with Crippen molar-refractivity contribution in [1.29, 1.82) is 0 Å². The van der Waals surface area contributed by atoms with Crippen LogP contribution in [0.25, 0.3) is 0 Å². The van der Waals surface area contributed by atoms with E-state index in [1.807, 2.05) is 12.1 Å². The largest absolute Gasteiger partial charge is 0.497 e. The van der Waals surface area contributed by atoms with Gasteiger partial charge in [0, 0.05) is 45.8 Å². The first-order valence-corrected chi connectivity index (χ1v) is 11.6. The SMILES string of the molecule is CN=C(NCCCc1ccc(OC)cc1)N1CCN(S(=O)(=O)Cc2ccon2)CC1.